The van der Waals surface area contributed by atoms with Crippen LogP contribution in [0, 0.1) is 5.92 Å². The minimum Gasteiger partial charge on any atom is -0.456 e. The van der Waals surface area contributed by atoms with Crippen LogP contribution < -0.4 is 19.6 Å². The fraction of sp³-hybridized carbons (Fsp3) is 0.311. The maximum atomic E-state index is 14.2. The normalized spacial score (nSPS) is 13.0. The summed E-state index contributed by atoms with van der Waals surface area (Å²) in [6, 6.07) is 40.9. The van der Waals surface area contributed by atoms with Crippen LogP contribution in [0.1, 0.15) is 53.4 Å². The van der Waals surface area contributed by atoms with Gasteiger partial charge in [0.2, 0.25) is 15.4 Å². The summed E-state index contributed by atoms with van der Waals surface area (Å²) in [6.45, 7) is 10.7. The molecule has 2 aliphatic rings. The van der Waals surface area contributed by atoms with Crippen molar-refractivity contribution < 1.29 is 12.8 Å². The minimum absolute atomic E-state index is 0.279. The standard InChI is InChI=1S/C45H52N3O3S3/c1-5-9-18-34(6-2)31-46-54(49,50)44-24-17-16-23-41(44)45-39-27-25-35(47(7-3)32-52-37-19-12-10-13-20-37)29-42(39)51-43-30-36(26-28-40(43)45)48(8-4)33-53-38-21-14-11-15-22-38/h10-17,19-30,34,46H,5-9,18,31-33H2,1-4H3/q+1. The van der Waals surface area contributed by atoms with Crippen LogP contribution in [0.2, 0.25) is 0 Å². The molecule has 1 aliphatic heterocycles. The van der Waals surface area contributed by atoms with Gasteiger partial charge in [0.15, 0.2) is 5.88 Å². The summed E-state index contributed by atoms with van der Waals surface area (Å²) < 4.78 is 40.5. The molecular weight excluding hydrogens is 727 g/mol. The monoisotopic (exact) mass is 778 g/mol. The Morgan fingerprint density at radius 1 is 0.778 bits per heavy atom. The van der Waals surface area contributed by atoms with Crippen molar-refractivity contribution in [1.29, 1.82) is 0 Å². The average molecular weight is 779 g/mol. The topological polar surface area (TPSA) is 65.6 Å². The third-order valence-electron chi connectivity index (χ3n) is 9.99. The molecule has 1 unspecified atom stereocenters. The summed E-state index contributed by atoms with van der Waals surface area (Å²) in [5.41, 5.74) is 4.15. The maximum Gasteiger partial charge on any atom is 0.241 e. The van der Waals surface area contributed by atoms with E-state index in [0.29, 0.717) is 29.4 Å². The van der Waals surface area contributed by atoms with E-state index in [9.17, 15) is 8.42 Å². The highest BCUT2D eigenvalue weighted by molar-refractivity contribution is 7.99. The summed E-state index contributed by atoms with van der Waals surface area (Å²) in [5.74, 6) is 2.57. The Labute approximate surface area is 330 Å². The van der Waals surface area contributed by atoms with Gasteiger partial charge in [-0.25, -0.2) is 17.7 Å². The van der Waals surface area contributed by atoms with Crippen molar-refractivity contribution in [3.63, 3.8) is 0 Å². The van der Waals surface area contributed by atoms with Crippen LogP contribution in [0.3, 0.4) is 0 Å². The first-order chi connectivity index (χ1) is 26.3. The number of unbranched alkanes of at least 4 members (excludes halogenated alkanes) is 1. The lowest BCUT2D eigenvalue weighted by molar-refractivity contribution is 0.444. The molecule has 0 fully saturated rings. The van der Waals surface area contributed by atoms with Crippen LogP contribution in [0.4, 0.5) is 5.69 Å². The van der Waals surface area contributed by atoms with E-state index >= 15 is 0 Å². The fourth-order valence-electron chi connectivity index (χ4n) is 6.74. The number of thioether (sulfide) groups is 2. The first kappa shape index (κ1) is 39.7. The molecule has 4 aromatic rings. The number of nitrogens with one attached hydrogen (secondary N) is 1. The Hall–Kier alpha value is -4.02. The zero-order chi connectivity index (χ0) is 37.9. The quantitative estimate of drug-likeness (QED) is 0.0406. The Morgan fingerprint density at radius 3 is 2.17 bits per heavy atom. The van der Waals surface area contributed by atoms with Crippen molar-refractivity contribution in [2.45, 2.75) is 68.1 Å². The molecule has 6 nitrogen and oxygen atoms in total. The number of hydrogen-bond donors (Lipinski definition) is 1. The van der Waals surface area contributed by atoms with Crippen LogP contribution in [0.5, 0.6) is 0 Å². The molecule has 1 heterocycles. The van der Waals surface area contributed by atoms with Gasteiger partial charge in [-0.1, -0.05) is 99.5 Å². The number of hydrogen-bond acceptors (Lipinski definition) is 6. The van der Waals surface area contributed by atoms with Gasteiger partial charge >= 0.3 is 0 Å². The lowest BCUT2D eigenvalue weighted by atomic mass is 9.93. The first-order valence-corrected chi connectivity index (χ1v) is 22.6. The zero-order valence-corrected chi connectivity index (χ0v) is 34.3. The van der Waals surface area contributed by atoms with Crippen LogP contribution in [-0.4, -0.2) is 39.8 Å². The summed E-state index contributed by atoms with van der Waals surface area (Å²) in [7, 11) is -3.83. The van der Waals surface area contributed by atoms with E-state index in [-0.39, 0.29) is 4.90 Å². The molecule has 0 amide bonds. The van der Waals surface area contributed by atoms with Crippen molar-refractivity contribution in [3.05, 3.63) is 127 Å². The zero-order valence-electron chi connectivity index (χ0n) is 31.8. The number of nitrogens with zero attached hydrogens (tertiary/aromatic N) is 2. The molecule has 6 rings (SSSR count). The van der Waals surface area contributed by atoms with E-state index in [2.05, 4.69) is 127 Å². The molecule has 0 aromatic heterocycles. The SMILES string of the molecule is CCCCC(CC)CNS(=O)(=O)c1ccccc1-c1c2cc/c(=[N+](\CC)CSc3ccccc3)cc-2oc2cc(N(CC)CSc3ccccc3)ccc12. The van der Waals surface area contributed by atoms with Crippen LogP contribution in [0.15, 0.2) is 140 Å². The molecule has 4 aromatic carbocycles. The van der Waals surface area contributed by atoms with Gasteiger partial charge in [-0.05, 0) is 74.7 Å². The largest absolute Gasteiger partial charge is 0.456 e. The second-order valence-corrected chi connectivity index (χ2v) is 17.3. The summed E-state index contributed by atoms with van der Waals surface area (Å²) in [6.07, 6.45) is 4.13. The second kappa shape index (κ2) is 19.0. The Balaban J connectivity index is 1.48. The number of benzene rings is 5. The maximum absolute atomic E-state index is 14.2. The van der Waals surface area contributed by atoms with E-state index in [1.54, 1.807) is 29.6 Å². The molecule has 0 spiro atoms. The highest BCUT2D eigenvalue weighted by Gasteiger charge is 2.26. The number of fused-ring (bicyclic) bond motifs is 2. The van der Waals surface area contributed by atoms with E-state index < -0.39 is 10.0 Å². The van der Waals surface area contributed by atoms with Crippen LogP contribution in [0.25, 0.3) is 33.4 Å². The van der Waals surface area contributed by atoms with Crippen molar-refractivity contribution in [2.75, 3.05) is 36.3 Å². The van der Waals surface area contributed by atoms with Gasteiger partial charge in [-0.3, -0.25) is 0 Å². The lowest BCUT2D eigenvalue weighted by Gasteiger charge is -2.24. The summed E-state index contributed by atoms with van der Waals surface area (Å²) in [5, 5.41) is 1.92. The summed E-state index contributed by atoms with van der Waals surface area (Å²) >= 11 is 3.60. The molecule has 0 radical (unpaired) electrons. The van der Waals surface area contributed by atoms with E-state index in [0.717, 1.165) is 78.1 Å². The predicted octanol–water partition coefficient (Wildman–Crippen LogP) is 10.8. The van der Waals surface area contributed by atoms with Gasteiger partial charge in [0.25, 0.3) is 0 Å². The molecule has 0 saturated heterocycles. The third kappa shape index (κ3) is 9.61. The molecule has 1 atom stereocenters. The fourth-order valence-corrected chi connectivity index (χ4v) is 10.0. The number of sulfonamides is 1. The van der Waals surface area contributed by atoms with Crippen molar-refractivity contribution >= 4 is 50.2 Å². The van der Waals surface area contributed by atoms with Crippen LogP contribution >= 0.6 is 23.5 Å². The Kier molecular flexibility index (Phi) is 14.0. The highest BCUT2D eigenvalue weighted by Crippen LogP contribution is 2.43. The molecule has 1 N–H and O–H groups in total. The van der Waals surface area contributed by atoms with E-state index in [4.69, 9.17) is 4.42 Å². The van der Waals surface area contributed by atoms with Gasteiger partial charge in [0, 0.05) is 62.8 Å². The molecule has 0 bridgehead atoms. The van der Waals surface area contributed by atoms with Gasteiger partial charge in [-0.15, -0.1) is 11.8 Å². The highest BCUT2D eigenvalue weighted by atomic mass is 32.2. The van der Waals surface area contributed by atoms with Gasteiger partial charge in [0.1, 0.15) is 17.9 Å². The first-order valence-electron chi connectivity index (χ1n) is 19.1. The van der Waals surface area contributed by atoms with Gasteiger partial charge < -0.3 is 9.32 Å². The molecule has 0 saturated carbocycles. The lowest BCUT2D eigenvalue weighted by Crippen LogP contribution is -2.30. The van der Waals surface area contributed by atoms with Crippen molar-refractivity contribution in [3.8, 4) is 22.5 Å². The molecule has 282 valence electrons. The van der Waals surface area contributed by atoms with E-state index in [1.165, 1.54) is 9.79 Å². The molecule has 54 heavy (non-hydrogen) atoms. The smallest absolute Gasteiger partial charge is 0.241 e. The molecular formula is C45H52N3O3S3+. The van der Waals surface area contributed by atoms with Gasteiger partial charge in [-0.2, -0.15) is 0 Å². The third-order valence-corrected chi connectivity index (χ3v) is 13.6. The van der Waals surface area contributed by atoms with Gasteiger partial charge in [0.05, 0.1) is 16.8 Å². The second-order valence-electron chi connectivity index (χ2n) is 13.5. The number of anilines is 1. The minimum atomic E-state index is -3.83. The van der Waals surface area contributed by atoms with Crippen LogP contribution in [-0.2, 0) is 10.0 Å². The molecule has 9 heteroatoms. The molecule has 1 aliphatic carbocycles. The Morgan fingerprint density at radius 2 is 1.48 bits per heavy atom. The predicted molar refractivity (Wildman–Crippen MR) is 230 cm³/mol. The van der Waals surface area contributed by atoms with E-state index in [1.807, 2.05) is 30.3 Å². The number of rotatable bonds is 18. The van der Waals surface area contributed by atoms with Crippen molar-refractivity contribution in [2.24, 2.45) is 5.92 Å². The summed E-state index contributed by atoms with van der Waals surface area (Å²) in [4.78, 5) is 5.05. The Bertz CT molecular complexity index is 2270. The average Bonchev–Trinajstić information content (AvgIpc) is 3.21. The van der Waals surface area contributed by atoms with Crippen molar-refractivity contribution in [1.82, 2.24) is 9.30 Å².